The number of hydrogen-bond acceptors (Lipinski definition) is 3. The molecule has 0 aromatic heterocycles. The van der Waals surface area contributed by atoms with Crippen LogP contribution >= 0.6 is 0 Å². The normalized spacial score (nSPS) is 23.6. The summed E-state index contributed by atoms with van der Waals surface area (Å²) in [4.78, 5) is 29.8. The van der Waals surface area contributed by atoms with E-state index >= 15 is 0 Å². The molecular weight excluding hydrogens is 398 g/mol. The van der Waals surface area contributed by atoms with E-state index in [-0.39, 0.29) is 17.7 Å². The molecule has 2 unspecified atom stereocenters. The predicted molar refractivity (Wildman–Crippen MR) is 128 cm³/mol. The molecule has 3 fully saturated rings. The molecule has 0 bridgehead atoms. The molecule has 168 valence electrons. The van der Waals surface area contributed by atoms with Crippen molar-refractivity contribution in [1.29, 1.82) is 0 Å². The summed E-state index contributed by atoms with van der Waals surface area (Å²) in [6.07, 6.45) is 6.75. The third kappa shape index (κ3) is 4.67. The first-order valence-corrected chi connectivity index (χ1v) is 12.2. The number of carbonyl (C=O) groups excluding carboxylic acids is 2. The molecule has 3 aliphatic rings. The van der Waals surface area contributed by atoms with Crippen LogP contribution in [0.15, 0.2) is 54.6 Å². The first-order valence-electron chi connectivity index (χ1n) is 12.2. The van der Waals surface area contributed by atoms with Gasteiger partial charge in [-0.3, -0.25) is 9.59 Å². The van der Waals surface area contributed by atoms with Gasteiger partial charge in [0, 0.05) is 49.4 Å². The quantitative estimate of drug-likeness (QED) is 0.749. The Hall–Kier alpha value is -2.82. The zero-order chi connectivity index (χ0) is 21.9. The molecule has 5 nitrogen and oxygen atoms in total. The third-order valence-corrected chi connectivity index (χ3v) is 7.40. The highest BCUT2D eigenvalue weighted by Crippen LogP contribution is 2.47. The number of benzene rings is 2. The second-order valence-electron chi connectivity index (χ2n) is 9.54. The maximum atomic E-state index is 12.8. The molecule has 2 aliphatic carbocycles. The minimum absolute atomic E-state index is 0.0758. The van der Waals surface area contributed by atoms with Crippen LogP contribution in [0, 0.1) is 11.8 Å². The zero-order valence-electron chi connectivity index (χ0n) is 18.7. The van der Waals surface area contributed by atoms with Crippen molar-refractivity contribution in [2.45, 2.75) is 44.4 Å². The molecular formula is C27H33N3O2. The average Bonchev–Trinajstić information content (AvgIpc) is 3.67. The van der Waals surface area contributed by atoms with Gasteiger partial charge in [0.05, 0.1) is 0 Å². The van der Waals surface area contributed by atoms with Gasteiger partial charge < -0.3 is 15.1 Å². The minimum atomic E-state index is 0.0758. The van der Waals surface area contributed by atoms with Gasteiger partial charge in [-0.05, 0) is 55.0 Å². The molecule has 1 heterocycles. The zero-order valence-corrected chi connectivity index (χ0v) is 18.7. The molecule has 1 saturated heterocycles. The molecule has 5 heteroatoms. The van der Waals surface area contributed by atoms with Crippen molar-refractivity contribution in [1.82, 2.24) is 4.90 Å². The van der Waals surface area contributed by atoms with Gasteiger partial charge in [0.1, 0.15) is 0 Å². The van der Waals surface area contributed by atoms with Crippen LogP contribution in [0.25, 0.3) is 0 Å². The number of piperazine rings is 1. The van der Waals surface area contributed by atoms with Gasteiger partial charge in [-0.1, -0.05) is 49.6 Å². The molecule has 2 saturated carbocycles. The number of amides is 2. The minimum Gasteiger partial charge on any atom is -0.368 e. The molecule has 2 aromatic rings. The fraction of sp³-hybridized carbons (Fsp3) is 0.481. The van der Waals surface area contributed by atoms with Gasteiger partial charge in [-0.15, -0.1) is 0 Å². The first kappa shape index (κ1) is 21.0. The van der Waals surface area contributed by atoms with Crippen molar-refractivity contribution >= 4 is 23.2 Å². The van der Waals surface area contributed by atoms with Crippen LogP contribution in [0.5, 0.6) is 0 Å². The molecule has 1 N–H and O–H groups in total. The lowest BCUT2D eigenvalue weighted by atomic mass is 9.88. The Labute approximate surface area is 190 Å². The summed E-state index contributed by atoms with van der Waals surface area (Å²) < 4.78 is 0. The second-order valence-corrected chi connectivity index (χ2v) is 9.54. The summed E-state index contributed by atoms with van der Waals surface area (Å²) in [5.41, 5.74) is 3.26. The predicted octanol–water partition coefficient (Wildman–Crippen LogP) is 4.66. The highest BCUT2D eigenvalue weighted by Gasteiger charge is 2.43. The van der Waals surface area contributed by atoms with Gasteiger partial charge in [0.25, 0.3) is 0 Å². The lowest BCUT2D eigenvalue weighted by Crippen LogP contribution is -2.50. The Kier molecular flexibility index (Phi) is 6.15. The number of hydrogen-bond donors (Lipinski definition) is 1. The standard InChI is InChI=1S/C27H33N3O2/c31-26(25-19-24(25)20-7-3-1-4-8-20)28-22-11-13-23(14-12-22)29-15-17-30(18-16-29)27(32)21-9-5-2-6-10-21/h1,3-4,7-8,11-14,21,24-25H,2,5-6,9-10,15-19H2,(H,28,31). The van der Waals surface area contributed by atoms with Crippen LogP contribution in [-0.4, -0.2) is 42.9 Å². The lowest BCUT2D eigenvalue weighted by Gasteiger charge is -2.38. The van der Waals surface area contributed by atoms with Gasteiger partial charge in [0.15, 0.2) is 0 Å². The van der Waals surface area contributed by atoms with Crippen molar-refractivity contribution in [3.8, 4) is 0 Å². The molecule has 2 amide bonds. The molecule has 32 heavy (non-hydrogen) atoms. The summed E-state index contributed by atoms with van der Waals surface area (Å²) in [5.74, 6) is 1.17. The van der Waals surface area contributed by atoms with Crippen molar-refractivity contribution in [3.05, 3.63) is 60.2 Å². The smallest absolute Gasteiger partial charge is 0.228 e. The molecule has 0 spiro atoms. The van der Waals surface area contributed by atoms with Crippen LogP contribution in [0.4, 0.5) is 11.4 Å². The van der Waals surface area contributed by atoms with E-state index in [9.17, 15) is 9.59 Å². The summed E-state index contributed by atoms with van der Waals surface area (Å²) in [5, 5.41) is 3.08. The van der Waals surface area contributed by atoms with Crippen molar-refractivity contribution in [3.63, 3.8) is 0 Å². The van der Waals surface area contributed by atoms with Gasteiger partial charge in [-0.25, -0.2) is 0 Å². The number of nitrogens with zero attached hydrogens (tertiary/aromatic N) is 2. The highest BCUT2D eigenvalue weighted by molar-refractivity contribution is 5.95. The van der Waals surface area contributed by atoms with Crippen LogP contribution in [-0.2, 0) is 9.59 Å². The van der Waals surface area contributed by atoms with E-state index < -0.39 is 0 Å². The maximum absolute atomic E-state index is 12.8. The number of nitrogens with one attached hydrogen (secondary N) is 1. The van der Waals surface area contributed by atoms with Gasteiger partial charge in [0.2, 0.25) is 11.8 Å². The Morgan fingerprint density at radius 3 is 2.19 bits per heavy atom. The summed E-state index contributed by atoms with van der Waals surface area (Å²) >= 11 is 0. The average molecular weight is 432 g/mol. The summed E-state index contributed by atoms with van der Waals surface area (Å²) in [7, 11) is 0. The van der Waals surface area contributed by atoms with Crippen LogP contribution in [0.2, 0.25) is 0 Å². The Bertz CT molecular complexity index is 929. The molecule has 2 aromatic carbocycles. The number of carbonyl (C=O) groups is 2. The number of rotatable bonds is 5. The van der Waals surface area contributed by atoms with Crippen molar-refractivity contribution in [2.24, 2.45) is 11.8 Å². The molecule has 5 rings (SSSR count). The Morgan fingerprint density at radius 2 is 1.50 bits per heavy atom. The largest absolute Gasteiger partial charge is 0.368 e. The van der Waals surface area contributed by atoms with E-state index in [1.54, 1.807) is 0 Å². The van der Waals surface area contributed by atoms with Crippen LogP contribution in [0.3, 0.4) is 0 Å². The summed E-state index contributed by atoms with van der Waals surface area (Å²) in [6.45, 7) is 3.34. The van der Waals surface area contributed by atoms with Gasteiger partial charge >= 0.3 is 0 Å². The molecule has 1 aliphatic heterocycles. The van der Waals surface area contributed by atoms with E-state index in [2.05, 4.69) is 39.4 Å². The fourth-order valence-corrected chi connectivity index (χ4v) is 5.34. The fourth-order valence-electron chi connectivity index (χ4n) is 5.34. The summed E-state index contributed by atoms with van der Waals surface area (Å²) in [6, 6.07) is 18.4. The van der Waals surface area contributed by atoms with E-state index in [1.807, 2.05) is 30.3 Å². The van der Waals surface area contributed by atoms with E-state index in [4.69, 9.17) is 0 Å². The topological polar surface area (TPSA) is 52.7 Å². The van der Waals surface area contributed by atoms with E-state index in [1.165, 1.54) is 24.8 Å². The number of anilines is 2. The SMILES string of the molecule is O=C(Nc1ccc(N2CCN(C(=O)C3CCCCC3)CC2)cc1)C1CC1c1ccccc1. The molecule has 0 radical (unpaired) electrons. The maximum Gasteiger partial charge on any atom is 0.228 e. The van der Waals surface area contributed by atoms with E-state index in [0.717, 1.165) is 56.8 Å². The highest BCUT2D eigenvalue weighted by atomic mass is 16.2. The van der Waals surface area contributed by atoms with Crippen molar-refractivity contribution in [2.75, 3.05) is 36.4 Å². The van der Waals surface area contributed by atoms with Crippen LogP contribution in [0.1, 0.15) is 50.0 Å². The lowest BCUT2D eigenvalue weighted by molar-refractivity contribution is -0.136. The monoisotopic (exact) mass is 431 g/mol. The first-order chi connectivity index (χ1) is 15.7. The van der Waals surface area contributed by atoms with Crippen LogP contribution < -0.4 is 10.2 Å². The Morgan fingerprint density at radius 1 is 0.812 bits per heavy atom. The molecule has 2 atom stereocenters. The van der Waals surface area contributed by atoms with Gasteiger partial charge in [-0.2, -0.15) is 0 Å². The second kappa shape index (κ2) is 9.35. The van der Waals surface area contributed by atoms with E-state index in [0.29, 0.717) is 11.8 Å². The van der Waals surface area contributed by atoms with Crippen molar-refractivity contribution < 1.29 is 9.59 Å². The third-order valence-electron chi connectivity index (χ3n) is 7.40. The Balaban J connectivity index is 1.11.